The summed E-state index contributed by atoms with van der Waals surface area (Å²) in [5.74, 6) is 0.938. The Bertz CT molecular complexity index is 525. The number of nitrogens with zero attached hydrogens (tertiary/aromatic N) is 1. The number of hydrogen-bond donors (Lipinski definition) is 1. The quantitative estimate of drug-likeness (QED) is 0.824. The topological polar surface area (TPSA) is 34.1 Å². The highest BCUT2D eigenvalue weighted by Gasteiger charge is 2.11. The third-order valence-corrected chi connectivity index (χ3v) is 3.54. The molecule has 0 radical (unpaired) electrons. The van der Waals surface area contributed by atoms with Gasteiger partial charge < -0.3 is 10.1 Å². The predicted molar refractivity (Wildman–Crippen MR) is 86.4 cm³/mol. The van der Waals surface area contributed by atoms with Crippen molar-refractivity contribution in [2.45, 2.75) is 39.3 Å². The van der Waals surface area contributed by atoms with Crippen LogP contribution in [0.5, 0.6) is 5.75 Å². The number of hydrogen-bond acceptors (Lipinski definition) is 3. The number of rotatable bonds is 7. The molecule has 0 saturated heterocycles. The maximum Gasteiger partial charge on any atom is 0.119 e. The summed E-state index contributed by atoms with van der Waals surface area (Å²) in [6, 6.07) is 12.9. The predicted octanol–water partition coefficient (Wildman–Crippen LogP) is 4.28. The minimum Gasteiger partial charge on any atom is -0.494 e. The molecule has 1 heterocycles. The molecule has 112 valence electrons. The fraction of sp³-hybridized carbons (Fsp3) is 0.389. The molecule has 2 atom stereocenters. The van der Waals surface area contributed by atoms with E-state index >= 15 is 0 Å². The van der Waals surface area contributed by atoms with Crippen LogP contribution in [0.15, 0.2) is 48.8 Å². The first kappa shape index (κ1) is 15.5. The highest BCUT2D eigenvalue weighted by atomic mass is 16.5. The lowest BCUT2D eigenvalue weighted by molar-refractivity contribution is 0.317. The Hall–Kier alpha value is -1.87. The van der Waals surface area contributed by atoms with Gasteiger partial charge in [-0.25, -0.2) is 0 Å². The first-order valence-electron chi connectivity index (χ1n) is 7.59. The molecule has 2 rings (SSSR count). The second kappa shape index (κ2) is 7.79. The van der Waals surface area contributed by atoms with Gasteiger partial charge in [0, 0.05) is 24.5 Å². The Morgan fingerprint density at radius 1 is 1.05 bits per heavy atom. The van der Waals surface area contributed by atoms with E-state index in [-0.39, 0.29) is 12.1 Å². The molecule has 0 fully saturated rings. The lowest BCUT2D eigenvalue weighted by Crippen LogP contribution is -2.22. The van der Waals surface area contributed by atoms with Gasteiger partial charge in [-0.3, -0.25) is 4.98 Å². The van der Waals surface area contributed by atoms with Gasteiger partial charge in [-0.15, -0.1) is 0 Å². The standard InChI is InChI=1S/C18H24N2O/c1-4-12-21-18-9-7-16(8-10-18)14(2)20-15(3)17-6-5-11-19-13-17/h5-11,13-15,20H,4,12H2,1-3H3. The van der Waals surface area contributed by atoms with Crippen molar-refractivity contribution < 1.29 is 4.74 Å². The van der Waals surface area contributed by atoms with Crippen LogP contribution in [0.4, 0.5) is 0 Å². The highest BCUT2D eigenvalue weighted by molar-refractivity contribution is 5.29. The third kappa shape index (κ3) is 4.57. The van der Waals surface area contributed by atoms with Gasteiger partial charge in [-0.2, -0.15) is 0 Å². The van der Waals surface area contributed by atoms with Crippen molar-refractivity contribution in [1.29, 1.82) is 0 Å². The monoisotopic (exact) mass is 284 g/mol. The molecule has 0 aliphatic heterocycles. The number of nitrogens with one attached hydrogen (secondary N) is 1. The average Bonchev–Trinajstić information content (AvgIpc) is 2.54. The Morgan fingerprint density at radius 2 is 1.76 bits per heavy atom. The highest BCUT2D eigenvalue weighted by Crippen LogP contribution is 2.21. The SMILES string of the molecule is CCCOc1ccc(C(C)NC(C)c2cccnc2)cc1. The van der Waals surface area contributed by atoms with Gasteiger partial charge in [0.2, 0.25) is 0 Å². The summed E-state index contributed by atoms with van der Waals surface area (Å²) in [7, 11) is 0. The number of aromatic nitrogens is 1. The molecule has 0 aliphatic carbocycles. The van der Waals surface area contributed by atoms with Crippen LogP contribution in [-0.2, 0) is 0 Å². The summed E-state index contributed by atoms with van der Waals surface area (Å²) in [5, 5.41) is 3.59. The van der Waals surface area contributed by atoms with Gasteiger partial charge >= 0.3 is 0 Å². The Morgan fingerprint density at radius 3 is 2.38 bits per heavy atom. The fourth-order valence-electron chi connectivity index (χ4n) is 2.27. The molecule has 0 amide bonds. The van der Waals surface area contributed by atoms with Gasteiger partial charge in [0.1, 0.15) is 5.75 Å². The van der Waals surface area contributed by atoms with Crippen LogP contribution in [0, 0.1) is 0 Å². The van der Waals surface area contributed by atoms with Crippen molar-refractivity contribution in [3.8, 4) is 5.75 Å². The summed E-state index contributed by atoms with van der Waals surface area (Å²) in [6.07, 6.45) is 4.74. The van der Waals surface area contributed by atoms with Crippen molar-refractivity contribution in [1.82, 2.24) is 10.3 Å². The molecule has 1 aromatic carbocycles. The summed E-state index contributed by atoms with van der Waals surface area (Å²) >= 11 is 0. The molecule has 0 saturated carbocycles. The van der Waals surface area contributed by atoms with Gasteiger partial charge in [0.25, 0.3) is 0 Å². The normalized spacial score (nSPS) is 13.7. The van der Waals surface area contributed by atoms with E-state index in [0.717, 1.165) is 18.8 Å². The molecular weight excluding hydrogens is 260 g/mol. The molecule has 21 heavy (non-hydrogen) atoms. The second-order valence-corrected chi connectivity index (χ2v) is 5.31. The second-order valence-electron chi connectivity index (χ2n) is 5.31. The van der Waals surface area contributed by atoms with Crippen LogP contribution >= 0.6 is 0 Å². The lowest BCUT2D eigenvalue weighted by atomic mass is 10.1. The van der Waals surface area contributed by atoms with Crippen molar-refractivity contribution in [2.75, 3.05) is 6.61 Å². The van der Waals surface area contributed by atoms with E-state index in [1.165, 1.54) is 11.1 Å². The van der Waals surface area contributed by atoms with Gasteiger partial charge in [-0.05, 0) is 49.6 Å². The van der Waals surface area contributed by atoms with Gasteiger partial charge in [0.05, 0.1) is 6.61 Å². The maximum absolute atomic E-state index is 5.61. The zero-order chi connectivity index (χ0) is 15.1. The van der Waals surface area contributed by atoms with E-state index < -0.39 is 0 Å². The van der Waals surface area contributed by atoms with Crippen molar-refractivity contribution in [3.63, 3.8) is 0 Å². The first-order valence-corrected chi connectivity index (χ1v) is 7.59. The van der Waals surface area contributed by atoms with Crippen molar-refractivity contribution in [2.24, 2.45) is 0 Å². The minimum absolute atomic E-state index is 0.268. The Labute approximate surface area is 127 Å². The van der Waals surface area contributed by atoms with Crippen LogP contribution < -0.4 is 10.1 Å². The Kier molecular flexibility index (Phi) is 5.76. The number of ether oxygens (including phenoxy) is 1. The lowest BCUT2D eigenvalue weighted by Gasteiger charge is -2.20. The molecule has 3 nitrogen and oxygen atoms in total. The van der Waals surface area contributed by atoms with Crippen LogP contribution in [0.1, 0.15) is 50.4 Å². The van der Waals surface area contributed by atoms with Crippen LogP contribution in [0.25, 0.3) is 0 Å². The van der Waals surface area contributed by atoms with Gasteiger partial charge in [-0.1, -0.05) is 25.1 Å². The first-order chi connectivity index (χ1) is 10.2. The number of benzene rings is 1. The summed E-state index contributed by atoms with van der Waals surface area (Å²) < 4.78 is 5.61. The number of pyridine rings is 1. The molecule has 2 aromatic rings. The molecule has 2 unspecified atom stereocenters. The van der Waals surface area contributed by atoms with E-state index in [4.69, 9.17) is 4.74 Å². The van der Waals surface area contributed by atoms with Crippen LogP contribution in [0.3, 0.4) is 0 Å². The van der Waals surface area contributed by atoms with Gasteiger partial charge in [0.15, 0.2) is 0 Å². The third-order valence-electron chi connectivity index (χ3n) is 3.54. The zero-order valence-electron chi connectivity index (χ0n) is 13.0. The molecule has 0 spiro atoms. The molecule has 1 N–H and O–H groups in total. The van der Waals surface area contributed by atoms with Crippen molar-refractivity contribution >= 4 is 0 Å². The summed E-state index contributed by atoms with van der Waals surface area (Å²) in [6.45, 7) is 7.21. The van der Waals surface area contributed by atoms with Crippen LogP contribution in [0.2, 0.25) is 0 Å². The average molecular weight is 284 g/mol. The summed E-state index contributed by atoms with van der Waals surface area (Å²) in [5.41, 5.74) is 2.46. The molecule has 0 aliphatic rings. The smallest absolute Gasteiger partial charge is 0.119 e. The van der Waals surface area contributed by atoms with E-state index in [1.807, 2.05) is 24.4 Å². The summed E-state index contributed by atoms with van der Waals surface area (Å²) in [4.78, 5) is 4.17. The van der Waals surface area contributed by atoms with E-state index in [2.05, 4.69) is 49.3 Å². The van der Waals surface area contributed by atoms with Crippen LogP contribution in [-0.4, -0.2) is 11.6 Å². The molecule has 0 bridgehead atoms. The van der Waals surface area contributed by atoms with E-state index in [0.29, 0.717) is 0 Å². The fourth-order valence-corrected chi connectivity index (χ4v) is 2.27. The largest absolute Gasteiger partial charge is 0.494 e. The van der Waals surface area contributed by atoms with E-state index in [1.54, 1.807) is 6.20 Å². The molecule has 1 aromatic heterocycles. The van der Waals surface area contributed by atoms with E-state index in [9.17, 15) is 0 Å². The Balaban J connectivity index is 1.95. The molecule has 3 heteroatoms. The maximum atomic E-state index is 5.61. The zero-order valence-corrected chi connectivity index (χ0v) is 13.0. The van der Waals surface area contributed by atoms with Crippen molar-refractivity contribution in [3.05, 3.63) is 59.9 Å². The molecular formula is C18H24N2O. The minimum atomic E-state index is 0.268.